The van der Waals surface area contributed by atoms with E-state index in [0.29, 0.717) is 13.1 Å². The van der Waals surface area contributed by atoms with Gasteiger partial charge in [0.25, 0.3) is 0 Å². The van der Waals surface area contributed by atoms with Crippen molar-refractivity contribution in [3.05, 3.63) is 30.1 Å². The zero-order valence-electron chi connectivity index (χ0n) is 15.1. The molecule has 0 unspecified atom stereocenters. The summed E-state index contributed by atoms with van der Waals surface area (Å²) in [6.07, 6.45) is 2.37. The quantitative estimate of drug-likeness (QED) is 0.806. The number of aromatic amines is 1. The van der Waals surface area contributed by atoms with Gasteiger partial charge in [-0.1, -0.05) is 12.1 Å². The highest BCUT2D eigenvalue weighted by molar-refractivity contribution is 5.78. The molecule has 3 heterocycles. The highest BCUT2D eigenvalue weighted by Gasteiger charge is 2.21. The van der Waals surface area contributed by atoms with E-state index in [-0.39, 0.29) is 12.0 Å². The van der Waals surface area contributed by atoms with Crippen LogP contribution in [0.3, 0.4) is 0 Å². The molecule has 1 amide bonds. The Morgan fingerprint density at radius 2 is 2.04 bits per heavy atom. The van der Waals surface area contributed by atoms with E-state index in [4.69, 9.17) is 4.74 Å². The minimum absolute atomic E-state index is 0.103. The number of benzene rings is 1. The average molecular weight is 357 g/mol. The fourth-order valence-electron chi connectivity index (χ4n) is 3.69. The summed E-state index contributed by atoms with van der Waals surface area (Å²) in [5.74, 6) is 1.11. The number of rotatable bonds is 6. The van der Waals surface area contributed by atoms with Crippen LogP contribution >= 0.6 is 0 Å². The van der Waals surface area contributed by atoms with Gasteiger partial charge >= 0.3 is 0 Å². The van der Waals surface area contributed by atoms with E-state index in [0.717, 1.165) is 69.0 Å². The molecule has 7 nitrogen and oxygen atoms in total. The van der Waals surface area contributed by atoms with Crippen LogP contribution in [-0.2, 0) is 16.1 Å². The van der Waals surface area contributed by atoms with Crippen molar-refractivity contribution in [2.75, 3.05) is 45.9 Å². The van der Waals surface area contributed by atoms with Gasteiger partial charge in [0.2, 0.25) is 5.91 Å². The molecule has 1 aromatic carbocycles. The predicted molar refractivity (Wildman–Crippen MR) is 99.8 cm³/mol. The third kappa shape index (κ3) is 4.41. The molecular formula is C19H27N5O2. The maximum atomic E-state index is 12.1. The van der Waals surface area contributed by atoms with E-state index in [1.54, 1.807) is 0 Å². The number of nitrogens with one attached hydrogen (secondary N) is 2. The molecule has 0 radical (unpaired) electrons. The maximum absolute atomic E-state index is 12.1. The zero-order valence-corrected chi connectivity index (χ0v) is 15.1. The number of para-hydroxylation sites is 2. The summed E-state index contributed by atoms with van der Waals surface area (Å²) in [5, 5.41) is 3.00. The maximum Gasteiger partial charge on any atom is 0.234 e. The number of H-pyrrole nitrogens is 1. The van der Waals surface area contributed by atoms with Gasteiger partial charge in [0.1, 0.15) is 5.82 Å². The summed E-state index contributed by atoms with van der Waals surface area (Å²) in [6.45, 7) is 6.50. The van der Waals surface area contributed by atoms with Crippen molar-refractivity contribution >= 4 is 16.9 Å². The molecule has 2 aliphatic heterocycles. The Kier molecular flexibility index (Phi) is 5.48. The second kappa shape index (κ2) is 8.16. The van der Waals surface area contributed by atoms with Crippen LogP contribution in [0.25, 0.3) is 11.0 Å². The molecule has 0 saturated carbocycles. The van der Waals surface area contributed by atoms with Crippen molar-refractivity contribution in [2.45, 2.75) is 25.5 Å². The van der Waals surface area contributed by atoms with Gasteiger partial charge in [-0.2, -0.15) is 0 Å². The van der Waals surface area contributed by atoms with Crippen molar-refractivity contribution in [1.29, 1.82) is 0 Å². The molecule has 0 aliphatic carbocycles. The number of hydrogen-bond acceptors (Lipinski definition) is 5. The molecule has 2 N–H and O–H groups in total. The van der Waals surface area contributed by atoms with Gasteiger partial charge in [0.05, 0.1) is 30.2 Å². The van der Waals surface area contributed by atoms with Crippen molar-refractivity contribution in [2.24, 2.45) is 0 Å². The molecule has 2 saturated heterocycles. The molecule has 26 heavy (non-hydrogen) atoms. The Morgan fingerprint density at radius 3 is 2.81 bits per heavy atom. The monoisotopic (exact) mass is 357 g/mol. The molecule has 2 aliphatic rings. The number of amides is 1. The third-order valence-corrected chi connectivity index (χ3v) is 5.19. The second-order valence-corrected chi connectivity index (χ2v) is 7.19. The first-order valence-corrected chi connectivity index (χ1v) is 9.53. The van der Waals surface area contributed by atoms with Gasteiger partial charge < -0.3 is 15.0 Å². The molecule has 1 atom stereocenters. The fraction of sp³-hybridized carbons (Fsp3) is 0.579. The number of nitrogens with zero attached hydrogens (tertiary/aromatic N) is 3. The number of fused-ring (bicyclic) bond motifs is 1. The van der Waals surface area contributed by atoms with Crippen LogP contribution < -0.4 is 5.32 Å². The predicted octanol–water partition coefficient (Wildman–Crippen LogP) is 0.976. The Hall–Kier alpha value is -1.96. The van der Waals surface area contributed by atoms with Gasteiger partial charge in [-0.05, 0) is 25.0 Å². The van der Waals surface area contributed by atoms with E-state index < -0.39 is 0 Å². The fourth-order valence-corrected chi connectivity index (χ4v) is 3.69. The zero-order chi connectivity index (χ0) is 17.8. The average Bonchev–Trinajstić information content (AvgIpc) is 3.30. The lowest BCUT2D eigenvalue weighted by Gasteiger charge is -2.33. The van der Waals surface area contributed by atoms with E-state index >= 15 is 0 Å². The number of aromatic nitrogens is 2. The van der Waals surface area contributed by atoms with Crippen LogP contribution in [0.2, 0.25) is 0 Å². The van der Waals surface area contributed by atoms with E-state index in [1.165, 1.54) is 0 Å². The highest BCUT2D eigenvalue weighted by Crippen LogP contribution is 2.13. The van der Waals surface area contributed by atoms with Crippen LogP contribution in [0.4, 0.5) is 0 Å². The largest absolute Gasteiger partial charge is 0.376 e. The molecular weight excluding hydrogens is 330 g/mol. The second-order valence-electron chi connectivity index (χ2n) is 7.19. The standard InChI is InChI=1S/C19H27N5O2/c25-19(20-12-15-4-3-11-26-15)14-24-9-7-23(8-10-24)13-18-21-16-5-1-2-6-17(16)22-18/h1-2,5-6,15H,3-4,7-14H2,(H,20,25)(H,21,22)/t15-/m0/s1. The van der Waals surface area contributed by atoms with Crippen LogP contribution in [-0.4, -0.2) is 77.7 Å². The first kappa shape index (κ1) is 17.5. The molecule has 1 aromatic heterocycles. The number of hydrogen-bond donors (Lipinski definition) is 2. The van der Waals surface area contributed by atoms with E-state index in [1.807, 2.05) is 18.2 Å². The van der Waals surface area contributed by atoms with E-state index in [2.05, 4.69) is 31.2 Å². The summed E-state index contributed by atoms with van der Waals surface area (Å²) in [5.41, 5.74) is 2.10. The minimum Gasteiger partial charge on any atom is -0.376 e. The van der Waals surface area contributed by atoms with Crippen molar-refractivity contribution in [1.82, 2.24) is 25.1 Å². The molecule has 7 heteroatoms. The molecule has 140 valence electrons. The number of carbonyl (C=O) groups is 1. The third-order valence-electron chi connectivity index (χ3n) is 5.19. The minimum atomic E-state index is 0.103. The number of imidazole rings is 1. The molecule has 2 fully saturated rings. The summed E-state index contributed by atoms with van der Waals surface area (Å²) in [7, 11) is 0. The summed E-state index contributed by atoms with van der Waals surface area (Å²) < 4.78 is 5.54. The number of piperazine rings is 1. The summed E-state index contributed by atoms with van der Waals surface area (Å²) in [6, 6.07) is 8.12. The Bertz CT molecular complexity index is 699. The van der Waals surface area contributed by atoms with Crippen molar-refractivity contribution < 1.29 is 9.53 Å². The lowest BCUT2D eigenvalue weighted by Crippen LogP contribution is -2.49. The molecule has 0 spiro atoms. The topological polar surface area (TPSA) is 73.5 Å². The van der Waals surface area contributed by atoms with Gasteiger partial charge in [0, 0.05) is 39.3 Å². The summed E-state index contributed by atoms with van der Waals surface area (Å²) >= 11 is 0. The van der Waals surface area contributed by atoms with Crippen LogP contribution in [0, 0.1) is 0 Å². The highest BCUT2D eigenvalue weighted by atomic mass is 16.5. The lowest BCUT2D eigenvalue weighted by molar-refractivity contribution is -0.123. The van der Waals surface area contributed by atoms with Crippen molar-refractivity contribution in [3.8, 4) is 0 Å². The molecule has 4 rings (SSSR count). The van der Waals surface area contributed by atoms with E-state index in [9.17, 15) is 4.79 Å². The first-order chi connectivity index (χ1) is 12.8. The van der Waals surface area contributed by atoms with Gasteiger partial charge in [-0.15, -0.1) is 0 Å². The van der Waals surface area contributed by atoms with Gasteiger partial charge in [-0.25, -0.2) is 4.98 Å². The molecule has 0 bridgehead atoms. The molecule has 2 aromatic rings. The van der Waals surface area contributed by atoms with Crippen LogP contribution in [0.1, 0.15) is 18.7 Å². The normalized spacial score (nSPS) is 22.1. The first-order valence-electron chi connectivity index (χ1n) is 9.53. The van der Waals surface area contributed by atoms with Crippen LogP contribution in [0.15, 0.2) is 24.3 Å². The van der Waals surface area contributed by atoms with Crippen molar-refractivity contribution in [3.63, 3.8) is 0 Å². The Balaban J connectivity index is 1.19. The smallest absolute Gasteiger partial charge is 0.234 e. The van der Waals surface area contributed by atoms with Gasteiger partial charge in [-0.3, -0.25) is 14.6 Å². The van der Waals surface area contributed by atoms with Gasteiger partial charge in [0.15, 0.2) is 0 Å². The Labute approximate surface area is 153 Å². The number of ether oxygens (including phenoxy) is 1. The number of carbonyl (C=O) groups excluding carboxylic acids is 1. The SMILES string of the molecule is O=C(CN1CCN(Cc2nc3ccccc3[nH]2)CC1)NC[C@@H]1CCCO1. The van der Waals surface area contributed by atoms with Crippen LogP contribution in [0.5, 0.6) is 0 Å². The summed E-state index contributed by atoms with van der Waals surface area (Å²) in [4.78, 5) is 24.7. The lowest BCUT2D eigenvalue weighted by atomic mass is 10.2. The Morgan fingerprint density at radius 1 is 1.23 bits per heavy atom.